The Morgan fingerprint density at radius 2 is 1.12 bits per heavy atom. The van der Waals surface area contributed by atoms with E-state index in [1.807, 2.05) is 0 Å². The molecule has 3 nitrogen and oxygen atoms in total. The monoisotopic (exact) mass is 461 g/mol. The van der Waals surface area contributed by atoms with E-state index in [-0.39, 0.29) is 17.9 Å². The predicted octanol–water partition coefficient (Wildman–Crippen LogP) is 9.15. The first-order valence-corrected chi connectivity index (χ1v) is 14.6. The van der Waals surface area contributed by atoms with Crippen LogP contribution in [0.5, 0.6) is 0 Å². The summed E-state index contributed by atoms with van der Waals surface area (Å²) in [6.07, 6.45) is 30.3. The van der Waals surface area contributed by atoms with Crippen molar-refractivity contribution < 1.29 is 9.59 Å². The number of carbonyl (C=O) groups is 2. The van der Waals surface area contributed by atoms with Crippen LogP contribution in [-0.2, 0) is 9.59 Å². The second-order valence-corrected chi connectivity index (χ2v) is 10.4. The molecule has 2 amide bonds. The molecule has 1 aliphatic heterocycles. The van der Waals surface area contributed by atoms with Gasteiger partial charge in [-0.25, -0.2) is 0 Å². The van der Waals surface area contributed by atoms with Crippen LogP contribution in [0.1, 0.15) is 156 Å². The van der Waals surface area contributed by atoms with Crippen LogP contribution >= 0.6 is 0 Å². The van der Waals surface area contributed by atoms with E-state index in [1.165, 1.54) is 89.9 Å². The van der Waals surface area contributed by atoms with Crippen LogP contribution in [0.15, 0.2) is 12.2 Å². The van der Waals surface area contributed by atoms with Crippen LogP contribution in [0.25, 0.3) is 0 Å². The fourth-order valence-electron chi connectivity index (χ4n) is 5.09. The summed E-state index contributed by atoms with van der Waals surface area (Å²) in [6, 6.07) is 0.0816. The topological polar surface area (TPSA) is 37.4 Å². The normalized spacial score (nSPS) is 16.3. The van der Waals surface area contributed by atoms with E-state index in [2.05, 4.69) is 32.9 Å². The summed E-state index contributed by atoms with van der Waals surface area (Å²) in [4.78, 5) is 26.0. The number of nitrogens with zero attached hydrogens (tertiary/aromatic N) is 1. The molecule has 1 fully saturated rings. The molecule has 1 rings (SSSR count). The van der Waals surface area contributed by atoms with Crippen LogP contribution in [0.4, 0.5) is 0 Å². The fourth-order valence-corrected chi connectivity index (χ4v) is 5.09. The summed E-state index contributed by atoms with van der Waals surface area (Å²) in [5.41, 5.74) is 0. The van der Waals surface area contributed by atoms with Gasteiger partial charge < -0.3 is 0 Å². The summed E-state index contributed by atoms with van der Waals surface area (Å²) in [6.45, 7) is 6.66. The van der Waals surface area contributed by atoms with Crippen LogP contribution < -0.4 is 0 Å². The van der Waals surface area contributed by atoms with Crippen LogP contribution in [0.3, 0.4) is 0 Å². The van der Waals surface area contributed by atoms with Crippen LogP contribution in [0.2, 0.25) is 0 Å². The molecule has 0 N–H and O–H groups in total. The first kappa shape index (κ1) is 29.9. The minimum Gasteiger partial charge on any atom is -0.279 e. The molecule has 0 aromatic carbocycles. The van der Waals surface area contributed by atoms with Gasteiger partial charge in [-0.2, -0.15) is 0 Å². The highest BCUT2D eigenvalue weighted by Gasteiger charge is 2.36. The van der Waals surface area contributed by atoms with E-state index >= 15 is 0 Å². The zero-order valence-electron chi connectivity index (χ0n) is 22.4. The third-order valence-corrected chi connectivity index (χ3v) is 7.33. The summed E-state index contributed by atoms with van der Waals surface area (Å²) in [5.74, 6) is 0.425. The minimum absolute atomic E-state index is 0.0411. The molecule has 1 aliphatic rings. The second kappa shape index (κ2) is 20.3. The first-order chi connectivity index (χ1) is 16.1. The standard InChI is InChI=1S/C30H55NO2/c1-4-6-8-9-10-11-12-13-14-15-16-17-18-19-20-21-22-23-27(3)28(24-7-5-2)31-29(32)25-26-30(31)33/h21-22,27-28H,4-20,23-26H2,1-3H3/b22-21+. The van der Waals surface area contributed by atoms with Gasteiger partial charge in [-0.3, -0.25) is 14.5 Å². The summed E-state index contributed by atoms with van der Waals surface area (Å²) in [5, 5.41) is 0. The number of carbonyl (C=O) groups excluding carboxylic acids is 2. The van der Waals surface area contributed by atoms with E-state index in [0.29, 0.717) is 18.8 Å². The number of allylic oxidation sites excluding steroid dienone is 2. The van der Waals surface area contributed by atoms with Gasteiger partial charge in [-0.15, -0.1) is 0 Å². The van der Waals surface area contributed by atoms with Gasteiger partial charge >= 0.3 is 0 Å². The third kappa shape index (κ3) is 14.0. The van der Waals surface area contributed by atoms with Crippen molar-refractivity contribution in [1.82, 2.24) is 4.90 Å². The number of amides is 2. The molecular weight excluding hydrogens is 406 g/mol. The molecule has 0 aliphatic carbocycles. The second-order valence-electron chi connectivity index (χ2n) is 10.4. The molecule has 0 radical (unpaired) electrons. The lowest BCUT2D eigenvalue weighted by Gasteiger charge is -2.31. The molecule has 1 saturated heterocycles. The predicted molar refractivity (Wildman–Crippen MR) is 142 cm³/mol. The molecule has 2 atom stereocenters. The summed E-state index contributed by atoms with van der Waals surface area (Å²) in [7, 11) is 0. The van der Waals surface area contributed by atoms with Crippen molar-refractivity contribution in [3.8, 4) is 0 Å². The molecule has 1 heterocycles. The first-order valence-electron chi connectivity index (χ1n) is 14.6. The van der Waals surface area contributed by atoms with Gasteiger partial charge in [0.2, 0.25) is 11.8 Å². The molecule has 0 saturated carbocycles. The van der Waals surface area contributed by atoms with E-state index in [4.69, 9.17) is 0 Å². The Balaban J connectivity index is 2.04. The van der Waals surface area contributed by atoms with Crippen molar-refractivity contribution in [2.75, 3.05) is 0 Å². The molecule has 2 unspecified atom stereocenters. The zero-order valence-corrected chi connectivity index (χ0v) is 22.4. The Bertz CT molecular complexity index is 511. The Morgan fingerprint density at radius 1 is 0.667 bits per heavy atom. The van der Waals surface area contributed by atoms with E-state index in [1.54, 1.807) is 4.90 Å². The zero-order chi connectivity index (χ0) is 24.2. The van der Waals surface area contributed by atoms with Gasteiger partial charge in [0.25, 0.3) is 0 Å². The number of hydrogen-bond acceptors (Lipinski definition) is 2. The highest BCUT2D eigenvalue weighted by atomic mass is 16.2. The van der Waals surface area contributed by atoms with Gasteiger partial charge in [0, 0.05) is 18.9 Å². The fraction of sp³-hybridized carbons (Fsp3) is 0.867. The smallest absolute Gasteiger partial charge is 0.229 e. The van der Waals surface area contributed by atoms with E-state index < -0.39 is 0 Å². The Labute approximate surface area is 206 Å². The maximum Gasteiger partial charge on any atom is 0.229 e. The molecule has 33 heavy (non-hydrogen) atoms. The Morgan fingerprint density at radius 3 is 1.61 bits per heavy atom. The van der Waals surface area contributed by atoms with E-state index in [9.17, 15) is 9.59 Å². The van der Waals surface area contributed by atoms with Gasteiger partial charge in [0.15, 0.2) is 0 Å². The maximum atomic E-state index is 12.2. The summed E-state index contributed by atoms with van der Waals surface area (Å²) >= 11 is 0. The highest BCUT2D eigenvalue weighted by Crippen LogP contribution is 2.26. The summed E-state index contributed by atoms with van der Waals surface area (Å²) < 4.78 is 0. The Hall–Kier alpha value is -1.12. The quantitative estimate of drug-likeness (QED) is 0.0915. The maximum absolute atomic E-state index is 12.2. The van der Waals surface area contributed by atoms with Crippen LogP contribution in [0, 0.1) is 5.92 Å². The van der Waals surface area contributed by atoms with Gasteiger partial charge in [0.05, 0.1) is 0 Å². The van der Waals surface area contributed by atoms with Crippen LogP contribution in [-0.4, -0.2) is 22.8 Å². The number of rotatable bonds is 22. The van der Waals surface area contributed by atoms with E-state index in [0.717, 1.165) is 32.1 Å². The molecule has 0 aromatic heterocycles. The van der Waals surface area contributed by atoms with Crippen molar-refractivity contribution in [2.24, 2.45) is 5.92 Å². The number of likely N-dealkylation sites (tertiary alicyclic amines) is 1. The van der Waals surface area contributed by atoms with Crippen molar-refractivity contribution in [2.45, 2.75) is 162 Å². The number of unbranched alkanes of at least 4 members (excludes halogenated alkanes) is 15. The van der Waals surface area contributed by atoms with Crippen molar-refractivity contribution in [1.29, 1.82) is 0 Å². The number of imide groups is 1. The average molecular weight is 462 g/mol. The average Bonchev–Trinajstić information content (AvgIpc) is 3.14. The largest absolute Gasteiger partial charge is 0.279 e. The molecule has 0 bridgehead atoms. The lowest BCUT2D eigenvalue weighted by molar-refractivity contribution is -0.142. The van der Waals surface area contributed by atoms with Crippen molar-refractivity contribution >= 4 is 11.8 Å². The molecule has 3 heteroatoms. The molecule has 192 valence electrons. The van der Waals surface area contributed by atoms with Gasteiger partial charge in [-0.1, -0.05) is 129 Å². The lowest BCUT2D eigenvalue weighted by atomic mass is 9.92. The number of hydrogen-bond donors (Lipinski definition) is 0. The lowest BCUT2D eigenvalue weighted by Crippen LogP contribution is -2.43. The van der Waals surface area contributed by atoms with Gasteiger partial charge in [-0.05, 0) is 31.6 Å². The van der Waals surface area contributed by atoms with Crippen molar-refractivity contribution in [3.05, 3.63) is 12.2 Å². The third-order valence-electron chi connectivity index (χ3n) is 7.33. The van der Waals surface area contributed by atoms with Gasteiger partial charge in [0.1, 0.15) is 0 Å². The Kier molecular flexibility index (Phi) is 18.4. The SMILES string of the molecule is CCCCCCCCCCCCCCCC/C=C/CC(C)C(CCCC)N1C(=O)CCC1=O. The molecule has 0 spiro atoms. The molecular formula is C30H55NO2. The highest BCUT2D eigenvalue weighted by molar-refractivity contribution is 6.02. The molecule has 0 aromatic rings. The minimum atomic E-state index is 0.0411. The van der Waals surface area contributed by atoms with Crippen molar-refractivity contribution in [3.63, 3.8) is 0 Å².